The van der Waals surface area contributed by atoms with Crippen molar-refractivity contribution >= 4 is 0 Å². The summed E-state index contributed by atoms with van der Waals surface area (Å²) in [5.74, 6) is 0.746. The molecule has 4 heteroatoms. The van der Waals surface area contributed by atoms with Crippen LogP contribution in [0.2, 0.25) is 0 Å². The molecule has 0 amide bonds. The number of aromatic nitrogens is 1. The first kappa shape index (κ1) is 12.9. The maximum Gasteiger partial charge on any atom is 0.137 e. The van der Waals surface area contributed by atoms with Gasteiger partial charge in [0.25, 0.3) is 0 Å². The first-order valence-electron chi connectivity index (χ1n) is 7.27. The Labute approximate surface area is 114 Å². The summed E-state index contributed by atoms with van der Waals surface area (Å²) < 4.78 is 5.65. The quantitative estimate of drug-likeness (QED) is 0.823. The summed E-state index contributed by atoms with van der Waals surface area (Å²) in [6.07, 6.45) is 8.24. The van der Waals surface area contributed by atoms with Crippen molar-refractivity contribution in [1.29, 1.82) is 0 Å². The van der Waals surface area contributed by atoms with Crippen LogP contribution in [0.25, 0.3) is 0 Å². The standard InChI is InChI=1S/C15H22N2O2/c18-15(7-1-2-8-15)11-19-14-6-5-13(17-10-14)9-16-12-3-4-12/h5-6,10,12,16,18H,1-4,7-9,11H2. The molecule has 0 spiro atoms. The third-order valence-corrected chi connectivity index (χ3v) is 3.99. The minimum Gasteiger partial charge on any atom is -0.489 e. The van der Waals surface area contributed by atoms with Crippen LogP contribution in [0.1, 0.15) is 44.2 Å². The molecule has 19 heavy (non-hydrogen) atoms. The summed E-state index contributed by atoms with van der Waals surface area (Å²) in [6, 6.07) is 4.63. The smallest absolute Gasteiger partial charge is 0.137 e. The van der Waals surface area contributed by atoms with E-state index in [1.54, 1.807) is 6.20 Å². The lowest BCUT2D eigenvalue weighted by molar-refractivity contribution is 0.00130. The number of hydrogen-bond acceptors (Lipinski definition) is 4. The van der Waals surface area contributed by atoms with Gasteiger partial charge in [-0.1, -0.05) is 12.8 Å². The van der Waals surface area contributed by atoms with E-state index in [1.807, 2.05) is 12.1 Å². The van der Waals surface area contributed by atoms with Crippen LogP contribution >= 0.6 is 0 Å². The highest BCUT2D eigenvalue weighted by Gasteiger charge is 2.31. The maximum atomic E-state index is 10.2. The zero-order chi connectivity index (χ0) is 13.1. The van der Waals surface area contributed by atoms with E-state index in [9.17, 15) is 5.11 Å². The van der Waals surface area contributed by atoms with E-state index in [-0.39, 0.29) is 0 Å². The first-order chi connectivity index (χ1) is 9.23. The molecule has 0 bridgehead atoms. The van der Waals surface area contributed by atoms with Crippen molar-refractivity contribution in [2.45, 2.75) is 56.7 Å². The van der Waals surface area contributed by atoms with Gasteiger partial charge in [-0.15, -0.1) is 0 Å². The van der Waals surface area contributed by atoms with Crippen molar-refractivity contribution in [3.05, 3.63) is 24.0 Å². The van der Waals surface area contributed by atoms with Crippen molar-refractivity contribution in [2.24, 2.45) is 0 Å². The number of aliphatic hydroxyl groups is 1. The summed E-state index contributed by atoms with van der Waals surface area (Å²) in [5, 5.41) is 13.6. The van der Waals surface area contributed by atoms with Crippen LogP contribution < -0.4 is 10.1 Å². The molecule has 2 aliphatic carbocycles. The van der Waals surface area contributed by atoms with Gasteiger partial charge in [-0.05, 0) is 37.8 Å². The van der Waals surface area contributed by atoms with Crippen LogP contribution in [0.5, 0.6) is 5.75 Å². The van der Waals surface area contributed by atoms with Gasteiger partial charge in [0.15, 0.2) is 0 Å². The van der Waals surface area contributed by atoms with Gasteiger partial charge in [-0.25, -0.2) is 0 Å². The van der Waals surface area contributed by atoms with Crippen molar-refractivity contribution in [3.8, 4) is 5.75 Å². The Balaban J connectivity index is 1.47. The fraction of sp³-hybridized carbons (Fsp3) is 0.667. The van der Waals surface area contributed by atoms with E-state index in [2.05, 4.69) is 10.3 Å². The molecule has 1 aromatic rings. The molecular weight excluding hydrogens is 240 g/mol. The Morgan fingerprint density at radius 1 is 1.32 bits per heavy atom. The third-order valence-electron chi connectivity index (χ3n) is 3.99. The normalized spacial score (nSPS) is 21.5. The average Bonchev–Trinajstić information content (AvgIpc) is 3.17. The molecule has 2 fully saturated rings. The molecule has 0 aliphatic heterocycles. The van der Waals surface area contributed by atoms with Crippen molar-refractivity contribution < 1.29 is 9.84 Å². The molecule has 1 heterocycles. The average molecular weight is 262 g/mol. The highest BCUT2D eigenvalue weighted by molar-refractivity contribution is 5.20. The van der Waals surface area contributed by atoms with Crippen LogP contribution in [0, 0.1) is 0 Å². The van der Waals surface area contributed by atoms with Gasteiger partial charge >= 0.3 is 0 Å². The Hall–Kier alpha value is -1.13. The predicted octanol–water partition coefficient (Wildman–Crippen LogP) is 2.02. The molecule has 0 aromatic carbocycles. The van der Waals surface area contributed by atoms with E-state index in [4.69, 9.17) is 4.74 Å². The van der Waals surface area contributed by atoms with Crippen molar-refractivity contribution in [1.82, 2.24) is 10.3 Å². The summed E-state index contributed by atoms with van der Waals surface area (Å²) in [7, 11) is 0. The van der Waals surface area contributed by atoms with Crippen LogP contribution in [0.3, 0.4) is 0 Å². The van der Waals surface area contributed by atoms with Gasteiger partial charge in [-0.3, -0.25) is 4.98 Å². The maximum absolute atomic E-state index is 10.2. The molecule has 0 saturated heterocycles. The largest absolute Gasteiger partial charge is 0.489 e. The van der Waals surface area contributed by atoms with E-state index >= 15 is 0 Å². The number of nitrogens with one attached hydrogen (secondary N) is 1. The fourth-order valence-corrected chi connectivity index (χ4v) is 2.53. The van der Waals surface area contributed by atoms with Gasteiger partial charge in [0.05, 0.1) is 17.5 Å². The first-order valence-corrected chi connectivity index (χ1v) is 7.27. The fourth-order valence-electron chi connectivity index (χ4n) is 2.53. The third kappa shape index (κ3) is 3.67. The minimum absolute atomic E-state index is 0.383. The van der Waals surface area contributed by atoms with E-state index < -0.39 is 5.60 Å². The van der Waals surface area contributed by atoms with Gasteiger partial charge < -0.3 is 15.2 Å². The molecule has 2 N–H and O–H groups in total. The lowest BCUT2D eigenvalue weighted by atomic mass is 10.0. The topological polar surface area (TPSA) is 54.4 Å². The van der Waals surface area contributed by atoms with E-state index in [1.165, 1.54) is 12.8 Å². The molecule has 0 atom stereocenters. The summed E-state index contributed by atoms with van der Waals surface area (Å²) in [5.41, 5.74) is 0.422. The van der Waals surface area contributed by atoms with Gasteiger partial charge in [0.1, 0.15) is 12.4 Å². The second-order valence-corrected chi connectivity index (χ2v) is 5.86. The number of pyridine rings is 1. The van der Waals surface area contributed by atoms with Crippen molar-refractivity contribution in [3.63, 3.8) is 0 Å². The number of hydrogen-bond donors (Lipinski definition) is 2. The van der Waals surface area contributed by atoms with Crippen molar-refractivity contribution in [2.75, 3.05) is 6.61 Å². The molecule has 104 valence electrons. The predicted molar refractivity (Wildman–Crippen MR) is 73.0 cm³/mol. The summed E-state index contributed by atoms with van der Waals surface area (Å²) in [4.78, 5) is 4.38. The summed E-state index contributed by atoms with van der Waals surface area (Å²) >= 11 is 0. The molecule has 4 nitrogen and oxygen atoms in total. The Bertz CT molecular complexity index is 409. The zero-order valence-electron chi connectivity index (χ0n) is 11.3. The lowest BCUT2D eigenvalue weighted by Crippen LogP contribution is -2.32. The molecule has 2 saturated carbocycles. The highest BCUT2D eigenvalue weighted by atomic mass is 16.5. The lowest BCUT2D eigenvalue weighted by Gasteiger charge is -2.22. The number of nitrogens with zero attached hydrogens (tertiary/aromatic N) is 1. The Morgan fingerprint density at radius 3 is 2.74 bits per heavy atom. The van der Waals surface area contributed by atoms with Crippen LogP contribution in [0.4, 0.5) is 0 Å². The number of ether oxygens (including phenoxy) is 1. The Kier molecular flexibility index (Phi) is 3.71. The molecule has 3 rings (SSSR count). The SMILES string of the molecule is OC1(COc2ccc(CNC3CC3)nc2)CCCC1. The zero-order valence-corrected chi connectivity index (χ0v) is 11.3. The molecular formula is C15H22N2O2. The van der Waals surface area contributed by atoms with E-state index in [0.717, 1.165) is 43.7 Å². The second-order valence-electron chi connectivity index (χ2n) is 5.86. The number of rotatable bonds is 6. The van der Waals surface area contributed by atoms with Gasteiger partial charge in [0, 0.05) is 12.6 Å². The Morgan fingerprint density at radius 2 is 2.11 bits per heavy atom. The minimum atomic E-state index is -0.619. The molecule has 1 aromatic heterocycles. The summed E-state index contributed by atoms with van der Waals surface area (Å²) in [6.45, 7) is 1.21. The second kappa shape index (κ2) is 5.47. The highest BCUT2D eigenvalue weighted by Crippen LogP contribution is 2.30. The van der Waals surface area contributed by atoms with Crippen LogP contribution in [0.15, 0.2) is 18.3 Å². The molecule has 0 radical (unpaired) electrons. The monoisotopic (exact) mass is 262 g/mol. The van der Waals surface area contributed by atoms with Crippen LogP contribution in [-0.2, 0) is 6.54 Å². The molecule has 2 aliphatic rings. The molecule has 0 unspecified atom stereocenters. The van der Waals surface area contributed by atoms with Crippen LogP contribution in [-0.4, -0.2) is 28.3 Å². The van der Waals surface area contributed by atoms with Gasteiger partial charge in [0.2, 0.25) is 0 Å². The van der Waals surface area contributed by atoms with Gasteiger partial charge in [-0.2, -0.15) is 0 Å². The van der Waals surface area contributed by atoms with E-state index in [0.29, 0.717) is 12.6 Å².